The van der Waals surface area contributed by atoms with Crippen LogP contribution in [-0.2, 0) is 4.79 Å². The molecule has 0 unspecified atom stereocenters. The number of rotatable bonds is 8. The summed E-state index contributed by atoms with van der Waals surface area (Å²) in [5.74, 6) is -0.106. The SMILES string of the molecule is Cc1ccc(F)c(N2CCN(CCCCC(=O)Nc3ccc(-c4cnc[nH]4)cc3)CC2)c1. The third-order valence-corrected chi connectivity index (χ3v) is 5.92. The Morgan fingerprint density at radius 3 is 2.59 bits per heavy atom. The summed E-state index contributed by atoms with van der Waals surface area (Å²) < 4.78 is 14.1. The van der Waals surface area contributed by atoms with E-state index in [0.717, 1.165) is 68.1 Å². The van der Waals surface area contributed by atoms with E-state index < -0.39 is 0 Å². The van der Waals surface area contributed by atoms with E-state index in [0.29, 0.717) is 12.1 Å². The van der Waals surface area contributed by atoms with Crippen molar-refractivity contribution >= 4 is 17.3 Å². The van der Waals surface area contributed by atoms with Gasteiger partial charge in [-0.15, -0.1) is 0 Å². The highest BCUT2D eigenvalue weighted by molar-refractivity contribution is 5.90. The lowest BCUT2D eigenvalue weighted by atomic mass is 10.1. The number of carbonyl (C=O) groups excluding carboxylic acids is 1. The lowest BCUT2D eigenvalue weighted by molar-refractivity contribution is -0.116. The average Bonchev–Trinajstić information content (AvgIpc) is 3.34. The Morgan fingerprint density at radius 1 is 1.09 bits per heavy atom. The molecule has 3 aromatic rings. The first-order valence-corrected chi connectivity index (χ1v) is 11.2. The molecule has 0 bridgehead atoms. The molecule has 0 aliphatic carbocycles. The molecule has 2 heterocycles. The molecule has 1 aliphatic heterocycles. The molecule has 1 amide bonds. The van der Waals surface area contributed by atoms with Crippen molar-refractivity contribution in [1.29, 1.82) is 0 Å². The minimum Gasteiger partial charge on any atom is -0.367 e. The summed E-state index contributed by atoms with van der Waals surface area (Å²) in [5, 5.41) is 2.97. The number of unbranched alkanes of at least 4 members (excludes halogenated alkanes) is 1. The topological polar surface area (TPSA) is 64.3 Å². The van der Waals surface area contributed by atoms with Crippen molar-refractivity contribution in [2.45, 2.75) is 26.2 Å². The highest BCUT2D eigenvalue weighted by atomic mass is 19.1. The number of imidazole rings is 1. The van der Waals surface area contributed by atoms with Gasteiger partial charge < -0.3 is 15.2 Å². The van der Waals surface area contributed by atoms with Gasteiger partial charge in [0.05, 0.1) is 23.9 Å². The number of hydrogen-bond donors (Lipinski definition) is 2. The third kappa shape index (κ3) is 5.73. The number of hydrogen-bond acceptors (Lipinski definition) is 4. The molecular weight excluding hydrogens is 405 g/mol. The lowest BCUT2D eigenvalue weighted by Gasteiger charge is -2.36. The van der Waals surface area contributed by atoms with Crippen molar-refractivity contribution in [2.24, 2.45) is 0 Å². The number of amides is 1. The Labute approximate surface area is 188 Å². The first-order valence-electron chi connectivity index (χ1n) is 11.2. The molecule has 0 atom stereocenters. The van der Waals surface area contributed by atoms with Crippen molar-refractivity contribution in [1.82, 2.24) is 14.9 Å². The summed E-state index contributed by atoms with van der Waals surface area (Å²) in [6.07, 6.45) is 5.76. The zero-order chi connectivity index (χ0) is 22.3. The fourth-order valence-electron chi connectivity index (χ4n) is 4.07. The molecular formula is C25H30FN5O. The van der Waals surface area contributed by atoms with Crippen LogP contribution in [0.1, 0.15) is 24.8 Å². The lowest BCUT2D eigenvalue weighted by Crippen LogP contribution is -2.47. The summed E-state index contributed by atoms with van der Waals surface area (Å²) in [6, 6.07) is 13.0. The predicted octanol–water partition coefficient (Wildman–Crippen LogP) is 4.46. The van der Waals surface area contributed by atoms with E-state index in [9.17, 15) is 9.18 Å². The number of nitrogens with zero attached hydrogens (tertiary/aromatic N) is 3. The van der Waals surface area contributed by atoms with Crippen molar-refractivity contribution in [3.63, 3.8) is 0 Å². The van der Waals surface area contributed by atoms with Crippen molar-refractivity contribution < 1.29 is 9.18 Å². The van der Waals surface area contributed by atoms with Crippen LogP contribution in [0.2, 0.25) is 0 Å². The van der Waals surface area contributed by atoms with Crippen LogP contribution >= 0.6 is 0 Å². The Bertz CT molecular complexity index is 1010. The van der Waals surface area contributed by atoms with E-state index in [2.05, 4.69) is 25.1 Å². The Kier molecular flexibility index (Phi) is 7.17. The van der Waals surface area contributed by atoms with Gasteiger partial charge in [0.2, 0.25) is 5.91 Å². The van der Waals surface area contributed by atoms with Crippen LogP contribution in [0.25, 0.3) is 11.3 Å². The van der Waals surface area contributed by atoms with Crippen LogP contribution in [0.15, 0.2) is 55.0 Å². The van der Waals surface area contributed by atoms with Gasteiger partial charge in [0.25, 0.3) is 0 Å². The first kappa shape index (κ1) is 22.0. The number of halogens is 1. The molecule has 2 N–H and O–H groups in total. The van der Waals surface area contributed by atoms with Gasteiger partial charge in [-0.1, -0.05) is 18.2 Å². The molecule has 1 saturated heterocycles. The fourth-order valence-corrected chi connectivity index (χ4v) is 4.07. The van der Waals surface area contributed by atoms with E-state index in [1.165, 1.54) is 0 Å². The van der Waals surface area contributed by atoms with Crippen LogP contribution in [-0.4, -0.2) is 53.5 Å². The molecule has 32 heavy (non-hydrogen) atoms. The minimum atomic E-state index is -0.147. The number of piperazine rings is 1. The van der Waals surface area contributed by atoms with E-state index >= 15 is 0 Å². The van der Waals surface area contributed by atoms with Crippen LogP contribution in [0.3, 0.4) is 0 Å². The molecule has 4 rings (SSSR count). The zero-order valence-electron chi connectivity index (χ0n) is 18.5. The molecule has 1 fully saturated rings. The second kappa shape index (κ2) is 10.4. The van der Waals surface area contributed by atoms with E-state index in [1.807, 2.05) is 37.3 Å². The Balaban J connectivity index is 1.14. The Hall–Kier alpha value is -3.19. The standard InChI is InChI=1S/C25H30FN5O/c1-19-5-10-22(26)24(16-19)31-14-12-30(13-15-31)11-3-2-4-25(32)29-21-8-6-20(7-9-21)23-17-27-18-28-23/h5-10,16-18H,2-4,11-15H2,1H3,(H,27,28)(H,29,32). The summed E-state index contributed by atoms with van der Waals surface area (Å²) >= 11 is 0. The average molecular weight is 436 g/mol. The predicted molar refractivity (Wildman–Crippen MR) is 126 cm³/mol. The fraction of sp³-hybridized carbons (Fsp3) is 0.360. The van der Waals surface area contributed by atoms with Crippen LogP contribution in [0, 0.1) is 12.7 Å². The third-order valence-electron chi connectivity index (χ3n) is 5.92. The molecule has 2 aromatic carbocycles. The molecule has 0 spiro atoms. The Morgan fingerprint density at radius 2 is 1.88 bits per heavy atom. The van der Waals surface area contributed by atoms with Gasteiger partial charge in [-0.05, 0) is 61.7 Å². The van der Waals surface area contributed by atoms with Crippen molar-refractivity contribution in [3.8, 4) is 11.3 Å². The summed E-state index contributed by atoms with van der Waals surface area (Å²) in [6.45, 7) is 6.46. The van der Waals surface area contributed by atoms with E-state index in [1.54, 1.807) is 24.7 Å². The summed E-state index contributed by atoms with van der Waals surface area (Å²) in [7, 11) is 0. The van der Waals surface area contributed by atoms with Gasteiger partial charge in [0.15, 0.2) is 0 Å². The molecule has 1 aromatic heterocycles. The molecule has 6 nitrogen and oxygen atoms in total. The quantitative estimate of drug-likeness (QED) is 0.513. The van der Waals surface area contributed by atoms with Gasteiger partial charge in [0.1, 0.15) is 5.82 Å². The van der Waals surface area contributed by atoms with Crippen LogP contribution in [0.5, 0.6) is 0 Å². The smallest absolute Gasteiger partial charge is 0.224 e. The largest absolute Gasteiger partial charge is 0.367 e. The number of anilines is 2. The second-order valence-electron chi connectivity index (χ2n) is 8.33. The number of H-pyrrole nitrogens is 1. The maximum atomic E-state index is 14.1. The molecule has 0 radical (unpaired) electrons. The zero-order valence-corrected chi connectivity index (χ0v) is 18.5. The van der Waals surface area contributed by atoms with E-state index in [-0.39, 0.29) is 11.7 Å². The first-order chi connectivity index (χ1) is 15.6. The molecule has 7 heteroatoms. The van der Waals surface area contributed by atoms with Gasteiger partial charge in [-0.3, -0.25) is 9.69 Å². The number of nitrogens with one attached hydrogen (secondary N) is 2. The van der Waals surface area contributed by atoms with Gasteiger partial charge >= 0.3 is 0 Å². The number of benzene rings is 2. The van der Waals surface area contributed by atoms with E-state index in [4.69, 9.17) is 0 Å². The number of carbonyl (C=O) groups is 1. The highest BCUT2D eigenvalue weighted by Crippen LogP contribution is 2.22. The van der Waals surface area contributed by atoms with Crippen LogP contribution in [0.4, 0.5) is 15.8 Å². The van der Waals surface area contributed by atoms with Gasteiger partial charge in [0, 0.05) is 38.3 Å². The van der Waals surface area contributed by atoms with Crippen LogP contribution < -0.4 is 10.2 Å². The monoisotopic (exact) mass is 435 g/mol. The highest BCUT2D eigenvalue weighted by Gasteiger charge is 2.19. The van der Waals surface area contributed by atoms with Crippen molar-refractivity contribution in [2.75, 3.05) is 42.9 Å². The van der Waals surface area contributed by atoms with Gasteiger partial charge in [-0.2, -0.15) is 0 Å². The molecule has 168 valence electrons. The van der Waals surface area contributed by atoms with Gasteiger partial charge in [-0.25, -0.2) is 9.37 Å². The number of aryl methyl sites for hydroxylation is 1. The maximum absolute atomic E-state index is 14.1. The second-order valence-corrected chi connectivity index (χ2v) is 8.33. The molecule has 0 saturated carbocycles. The summed E-state index contributed by atoms with van der Waals surface area (Å²) in [4.78, 5) is 23.9. The number of aromatic nitrogens is 2. The normalized spacial score (nSPS) is 14.5. The number of aromatic amines is 1. The molecule has 1 aliphatic rings. The maximum Gasteiger partial charge on any atom is 0.224 e. The van der Waals surface area contributed by atoms with Crippen molar-refractivity contribution in [3.05, 3.63) is 66.4 Å². The summed E-state index contributed by atoms with van der Waals surface area (Å²) in [5.41, 5.74) is 4.58. The minimum absolute atomic E-state index is 0.0408.